The van der Waals surface area contributed by atoms with Crippen LogP contribution >= 0.6 is 11.6 Å². The van der Waals surface area contributed by atoms with Gasteiger partial charge in [0.2, 0.25) is 10.0 Å². The van der Waals surface area contributed by atoms with Gasteiger partial charge in [-0.3, -0.25) is 4.79 Å². The van der Waals surface area contributed by atoms with Crippen molar-refractivity contribution in [3.05, 3.63) is 58.6 Å². The molecule has 0 unspecified atom stereocenters. The molecule has 2 aromatic carbocycles. The standard InChI is InChI=1S/C19H19ClN2O3S/c20-17-8-7-15(26(24,25)21-10-3-4-11-21)13-16(17)19(23)22-12-9-14-5-1-2-6-18(14)22/h1-2,5-8,13H,3-4,9-12H2. The minimum absolute atomic E-state index is 0.125. The molecule has 5 nitrogen and oxygen atoms in total. The first-order valence-electron chi connectivity index (χ1n) is 8.68. The van der Waals surface area contributed by atoms with Crippen LogP contribution in [0.2, 0.25) is 5.02 Å². The van der Waals surface area contributed by atoms with E-state index in [4.69, 9.17) is 11.6 Å². The second kappa shape index (κ2) is 6.68. The topological polar surface area (TPSA) is 57.7 Å². The number of nitrogens with zero attached hydrogens (tertiary/aromatic N) is 2. The Morgan fingerprint density at radius 2 is 1.73 bits per heavy atom. The van der Waals surface area contributed by atoms with E-state index in [0.717, 1.165) is 30.5 Å². The minimum Gasteiger partial charge on any atom is -0.308 e. The SMILES string of the molecule is O=C(c1cc(S(=O)(=O)N2CCCC2)ccc1Cl)N1CCc2ccccc21. The number of hydrogen-bond donors (Lipinski definition) is 0. The van der Waals surface area contributed by atoms with E-state index in [2.05, 4.69) is 0 Å². The van der Waals surface area contributed by atoms with Crippen LogP contribution in [0.3, 0.4) is 0 Å². The summed E-state index contributed by atoms with van der Waals surface area (Å²) in [5.74, 6) is -0.265. The third-order valence-electron chi connectivity index (χ3n) is 5.00. The van der Waals surface area contributed by atoms with Crippen LogP contribution in [-0.2, 0) is 16.4 Å². The Bertz CT molecular complexity index is 968. The lowest BCUT2D eigenvalue weighted by atomic mass is 10.1. The lowest BCUT2D eigenvalue weighted by molar-refractivity contribution is 0.0989. The predicted octanol–water partition coefficient (Wildman–Crippen LogP) is 3.33. The first-order valence-corrected chi connectivity index (χ1v) is 10.5. The maximum Gasteiger partial charge on any atom is 0.259 e. The van der Waals surface area contributed by atoms with Gasteiger partial charge in [0, 0.05) is 25.3 Å². The first kappa shape index (κ1) is 17.5. The smallest absolute Gasteiger partial charge is 0.259 e. The summed E-state index contributed by atoms with van der Waals surface area (Å²) in [5.41, 5.74) is 2.20. The van der Waals surface area contributed by atoms with Gasteiger partial charge in [-0.05, 0) is 49.1 Å². The van der Waals surface area contributed by atoms with Gasteiger partial charge in [-0.2, -0.15) is 4.31 Å². The number of rotatable bonds is 3. The van der Waals surface area contributed by atoms with E-state index >= 15 is 0 Å². The van der Waals surface area contributed by atoms with Crippen molar-refractivity contribution in [2.24, 2.45) is 0 Å². The number of hydrogen-bond acceptors (Lipinski definition) is 3. The third-order valence-corrected chi connectivity index (χ3v) is 7.23. The summed E-state index contributed by atoms with van der Waals surface area (Å²) >= 11 is 6.25. The molecular formula is C19H19ClN2O3S. The number of halogens is 1. The molecule has 0 radical (unpaired) electrons. The summed E-state index contributed by atoms with van der Waals surface area (Å²) in [7, 11) is -3.59. The molecule has 26 heavy (non-hydrogen) atoms. The van der Waals surface area contributed by atoms with Crippen molar-refractivity contribution < 1.29 is 13.2 Å². The largest absolute Gasteiger partial charge is 0.308 e. The van der Waals surface area contributed by atoms with E-state index in [9.17, 15) is 13.2 Å². The molecule has 2 aliphatic heterocycles. The van der Waals surface area contributed by atoms with E-state index < -0.39 is 10.0 Å². The fourth-order valence-corrected chi connectivity index (χ4v) is 5.34. The summed E-state index contributed by atoms with van der Waals surface area (Å²) in [4.78, 5) is 14.9. The molecular weight excluding hydrogens is 372 g/mol. The van der Waals surface area contributed by atoms with Gasteiger partial charge in [-0.15, -0.1) is 0 Å². The van der Waals surface area contributed by atoms with Crippen LogP contribution in [-0.4, -0.2) is 38.3 Å². The summed E-state index contributed by atoms with van der Waals surface area (Å²) in [6.45, 7) is 1.61. The van der Waals surface area contributed by atoms with Crippen LogP contribution in [0, 0.1) is 0 Å². The summed E-state index contributed by atoms with van der Waals surface area (Å²) in [6.07, 6.45) is 2.51. The van der Waals surface area contributed by atoms with E-state index in [-0.39, 0.29) is 21.4 Å². The Hall–Kier alpha value is -1.89. The van der Waals surface area contributed by atoms with Crippen molar-refractivity contribution in [1.82, 2.24) is 4.31 Å². The van der Waals surface area contributed by atoms with Crippen LogP contribution < -0.4 is 4.90 Å². The second-order valence-electron chi connectivity index (χ2n) is 6.59. The van der Waals surface area contributed by atoms with Gasteiger partial charge < -0.3 is 4.90 Å². The fourth-order valence-electron chi connectivity index (χ4n) is 3.60. The van der Waals surface area contributed by atoms with Crippen molar-refractivity contribution in [1.29, 1.82) is 0 Å². The van der Waals surface area contributed by atoms with Crippen molar-refractivity contribution in [3.63, 3.8) is 0 Å². The fraction of sp³-hybridized carbons (Fsp3) is 0.316. The van der Waals surface area contributed by atoms with E-state index in [1.54, 1.807) is 4.90 Å². The summed E-state index contributed by atoms with van der Waals surface area (Å²) in [6, 6.07) is 12.1. The van der Waals surface area contributed by atoms with Crippen molar-refractivity contribution in [2.75, 3.05) is 24.5 Å². The lowest BCUT2D eigenvalue weighted by Crippen LogP contribution is -2.30. The number of anilines is 1. The van der Waals surface area contributed by atoms with Crippen molar-refractivity contribution in [3.8, 4) is 0 Å². The van der Waals surface area contributed by atoms with Gasteiger partial charge in [0.15, 0.2) is 0 Å². The Labute approximate surface area is 158 Å². The normalized spacial score (nSPS) is 17.5. The first-order chi connectivity index (χ1) is 12.5. The molecule has 1 fully saturated rings. The quantitative estimate of drug-likeness (QED) is 0.807. The van der Waals surface area contributed by atoms with Crippen LogP contribution in [0.25, 0.3) is 0 Å². The molecule has 136 valence electrons. The highest BCUT2D eigenvalue weighted by molar-refractivity contribution is 7.89. The molecule has 7 heteroatoms. The van der Waals surface area contributed by atoms with Crippen molar-refractivity contribution in [2.45, 2.75) is 24.2 Å². The highest BCUT2D eigenvalue weighted by atomic mass is 35.5. The maximum atomic E-state index is 13.1. The number of para-hydroxylation sites is 1. The highest BCUT2D eigenvalue weighted by Gasteiger charge is 2.30. The van der Waals surface area contributed by atoms with Gasteiger partial charge in [-0.25, -0.2) is 8.42 Å². The number of carbonyl (C=O) groups is 1. The lowest BCUT2D eigenvalue weighted by Gasteiger charge is -2.20. The van der Waals surface area contributed by atoms with Gasteiger partial charge >= 0.3 is 0 Å². The summed E-state index contributed by atoms with van der Waals surface area (Å²) in [5, 5.41) is 0.264. The zero-order valence-corrected chi connectivity index (χ0v) is 15.8. The summed E-state index contributed by atoms with van der Waals surface area (Å²) < 4.78 is 27.1. The van der Waals surface area contributed by atoms with Crippen LogP contribution in [0.1, 0.15) is 28.8 Å². The Morgan fingerprint density at radius 3 is 2.50 bits per heavy atom. The van der Waals surface area contributed by atoms with Crippen LogP contribution in [0.15, 0.2) is 47.4 Å². The number of carbonyl (C=O) groups excluding carboxylic acids is 1. The van der Waals surface area contributed by atoms with Crippen molar-refractivity contribution >= 4 is 33.2 Å². The minimum atomic E-state index is -3.59. The number of benzene rings is 2. The van der Waals surface area contributed by atoms with E-state index in [0.29, 0.717) is 19.6 Å². The molecule has 1 saturated heterocycles. The molecule has 0 bridgehead atoms. The Balaban J connectivity index is 1.70. The van der Waals surface area contributed by atoms with E-state index in [1.807, 2.05) is 24.3 Å². The zero-order chi connectivity index (χ0) is 18.3. The Kier molecular flexibility index (Phi) is 4.50. The highest BCUT2D eigenvalue weighted by Crippen LogP contribution is 2.32. The molecule has 2 aromatic rings. The second-order valence-corrected chi connectivity index (χ2v) is 8.93. The van der Waals surface area contributed by atoms with Gasteiger partial charge in [-0.1, -0.05) is 29.8 Å². The third kappa shape index (κ3) is 2.92. The molecule has 1 amide bonds. The molecule has 0 atom stereocenters. The zero-order valence-electron chi connectivity index (χ0n) is 14.2. The molecule has 0 saturated carbocycles. The van der Waals surface area contributed by atoms with Gasteiger partial charge in [0.25, 0.3) is 5.91 Å². The van der Waals surface area contributed by atoms with Gasteiger partial charge in [0.1, 0.15) is 0 Å². The number of fused-ring (bicyclic) bond motifs is 1. The molecule has 2 aliphatic rings. The molecule has 0 aromatic heterocycles. The van der Waals surface area contributed by atoms with E-state index in [1.165, 1.54) is 22.5 Å². The predicted molar refractivity (Wildman–Crippen MR) is 101 cm³/mol. The average Bonchev–Trinajstić information content (AvgIpc) is 3.31. The maximum absolute atomic E-state index is 13.1. The number of sulfonamides is 1. The molecule has 0 N–H and O–H groups in total. The molecule has 2 heterocycles. The van der Waals surface area contributed by atoms with Gasteiger partial charge in [0.05, 0.1) is 15.5 Å². The Morgan fingerprint density at radius 1 is 1.00 bits per heavy atom. The average molecular weight is 391 g/mol. The van der Waals surface area contributed by atoms with Crippen LogP contribution in [0.5, 0.6) is 0 Å². The number of amides is 1. The van der Waals surface area contributed by atoms with Crippen LogP contribution in [0.4, 0.5) is 5.69 Å². The molecule has 0 aliphatic carbocycles. The molecule has 4 rings (SSSR count). The monoisotopic (exact) mass is 390 g/mol. The molecule has 0 spiro atoms.